The van der Waals surface area contributed by atoms with Gasteiger partial charge in [-0.3, -0.25) is 0 Å². The predicted molar refractivity (Wildman–Crippen MR) is 76.0 cm³/mol. The zero-order chi connectivity index (χ0) is 13.1. The van der Waals surface area contributed by atoms with Gasteiger partial charge in [0.2, 0.25) is 0 Å². The highest BCUT2D eigenvalue weighted by Gasteiger charge is 2.29. The van der Waals surface area contributed by atoms with Crippen molar-refractivity contribution >= 4 is 0 Å². The van der Waals surface area contributed by atoms with Crippen LogP contribution in [0.5, 0.6) is 0 Å². The van der Waals surface area contributed by atoms with Crippen LogP contribution in [0.2, 0.25) is 0 Å². The first-order valence-corrected chi connectivity index (χ1v) is 7.72. The van der Waals surface area contributed by atoms with Gasteiger partial charge in [0.1, 0.15) is 0 Å². The van der Waals surface area contributed by atoms with E-state index in [0.717, 1.165) is 31.4 Å². The van der Waals surface area contributed by atoms with Gasteiger partial charge in [0.25, 0.3) is 0 Å². The van der Waals surface area contributed by atoms with E-state index >= 15 is 0 Å². The molecule has 2 aliphatic rings. The molecule has 0 saturated carbocycles. The largest absolute Gasteiger partial charge is 0.388 e. The maximum absolute atomic E-state index is 10.7. The SMILES string of the molecule is OC1c2ccccc2CCCC1CC1CCCCO1. The number of rotatable bonds is 2. The molecular formula is C17H24O2. The van der Waals surface area contributed by atoms with E-state index in [1.165, 1.54) is 31.2 Å². The molecule has 0 radical (unpaired) electrons. The Labute approximate surface area is 115 Å². The van der Waals surface area contributed by atoms with Gasteiger partial charge in [-0.05, 0) is 62.0 Å². The van der Waals surface area contributed by atoms with Crippen LogP contribution in [0.3, 0.4) is 0 Å². The molecule has 3 rings (SSSR count). The van der Waals surface area contributed by atoms with Crippen molar-refractivity contribution < 1.29 is 9.84 Å². The van der Waals surface area contributed by atoms with Gasteiger partial charge in [-0.2, -0.15) is 0 Å². The highest BCUT2D eigenvalue weighted by atomic mass is 16.5. The fourth-order valence-electron chi connectivity index (χ4n) is 3.59. The molecule has 1 aliphatic carbocycles. The fourth-order valence-corrected chi connectivity index (χ4v) is 3.59. The Morgan fingerprint density at radius 3 is 2.84 bits per heavy atom. The zero-order valence-corrected chi connectivity index (χ0v) is 11.6. The lowest BCUT2D eigenvalue weighted by atomic mass is 9.87. The lowest BCUT2D eigenvalue weighted by Crippen LogP contribution is -2.25. The molecule has 3 atom stereocenters. The van der Waals surface area contributed by atoms with Gasteiger partial charge in [-0.1, -0.05) is 24.3 Å². The first-order chi connectivity index (χ1) is 9.34. The van der Waals surface area contributed by atoms with Gasteiger partial charge in [-0.15, -0.1) is 0 Å². The van der Waals surface area contributed by atoms with Crippen LogP contribution in [0.15, 0.2) is 24.3 Å². The quantitative estimate of drug-likeness (QED) is 0.823. The third-order valence-corrected chi connectivity index (χ3v) is 4.68. The van der Waals surface area contributed by atoms with Crippen LogP contribution in [-0.2, 0) is 11.2 Å². The maximum atomic E-state index is 10.7. The van der Waals surface area contributed by atoms with E-state index in [0.29, 0.717) is 12.0 Å². The minimum absolute atomic E-state index is 0.302. The molecule has 1 saturated heterocycles. The van der Waals surface area contributed by atoms with Crippen molar-refractivity contribution in [3.63, 3.8) is 0 Å². The smallest absolute Gasteiger partial charge is 0.0821 e. The van der Waals surface area contributed by atoms with Gasteiger partial charge in [0.05, 0.1) is 12.2 Å². The number of aliphatic hydroxyl groups is 1. The first kappa shape index (κ1) is 13.1. The third-order valence-electron chi connectivity index (χ3n) is 4.68. The summed E-state index contributed by atoms with van der Waals surface area (Å²) < 4.78 is 5.85. The number of hydrogen-bond donors (Lipinski definition) is 1. The monoisotopic (exact) mass is 260 g/mol. The minimum atomic E-state index is -0.302. The molecule has 1 aromatic carbocycles. The standard InChI is InChI=1S/C17H24O2/c18-17-14(12-15-9-3-4-11-19-15)8-5-7-13-6-1-2-10-16(13)17/h1-2,6,10,14-15,17-18H,3-5,7-9,11-12H2. The second-order valence-electron chi connectivity index (χ2n) is 6.02. The Balaban J connectivity index is 1.72. The second-order valence-corrected chi connectivity index (χ2v) is 6.02. The number of aryl methyl sites for hydroxylation is 1. The molecule has 19 heavy (non-hydrogen) atoms. The fraction of sp³-hybridized carbons (Fsp3) is 0.647. The van der Waals surface area contributed by atoms with Crippen LogP contribution in [0, 0.1) is 5.92 Å². The summed E-state index contributed by atoms with van der Waals surface area (Å²) in [4.78, 5) is 0. The summed E-state index contributed by atoms with van der Waals surface area (Å²) >= 11 is 0. The highest BCUT2D eigenvalue weighted by Crippen LogP contribution is 2.37. The van der Waals surface area contributed by atoms with E-state index < -0.39 is 0 Å². The van der Waals surface area contributed by atoms with E-state index in [4.69, 9.17) is 4.74 Å². The van der Waals surface area contributed by atoms with Gasteiger partial charge in [-0.25, -0.2) is 0 Å². The molecule has 0 spiro atoms. The third kappa shape index (κ3) is 3.01. The van der Waals surface area contributed by atoms with Crippen molar-refractivity contribution in [2.45, 2.75) is 57.2 Å². The van der Waals surface area contributed by atoms with Crippen LogP contribution in [0.1, 0.15) is 55.8 Å². The number of hydrogen-bond acceptors (Lipinski definition) is 2. The molecule has 2 heteroatoms. The van der Waals surface area contributed by atoms with E-state index in [2.05, 4.69) is 18.2 Å². The van der Waals surface area contributed by atoms with Crippen LogP contribution >= 0.6 is 0 Å². The zero-order valence-electron chi connectivity index (χ0n) is 11.6. The van der Waals surface area contributed by atoms with Crippen molar-refractivity contribution in [2.75, 3.05) is 6.61 Å². The molecule has 2 nitrogen and oxygen atoms in total. The molecular weight excluding hydrogens is 236 g/mol. The van der Waals surface area contributed by atoms with Crippen LogP contribution in [0.4, 0.5) is 0 Å². The molecule has 0 amide bonds. The Kier molecular flexibility index (Phi) is 4.19. The molecule has 1 aromatic rings. The minimum Gasteiger partial charge on any atom is -0.388 e. The summed E-state index contributed by atoms with van der Waals surface area (Å²) in [5.74, 6) is 0.367. The van der Waals surface area contributed by atoms with Crippen LogP contribution in [0.25, 0.3) is 0 Å². The Morgan fingerprint density at radius 1 is 1.11 bits per heavy atom. The molecule has 0 aromatic heterocycles. The lowest BCUT2D eigenvalue weighted by Gasteiger charge is -2.29. The van der Waals surface area contributed by atoms with Crippen LogP contribution < -0.4 is 0 Å². The summed E-state index contributed by atoms with van der Waals surface area (Å²) in [6.45, 7) is 0.907. The van der Waals surface area contributed by atoms with Crippen molar-refractivity contribution in [3.8, 4) is 0 Å². The van der Waals surface area contributed by atoms with Gasteiger partial charge in [0.15, 0.2) is 0 Å². The summed E-state index contributed by atoms with van der Waals surface area (Å²) in [5.41, 5.74) is 2.49. The van der Waals surface area contributed by atoms with Gasteiger partial charge in [0, 0.05) is 6.61 Å². The first-order valence-electron chi connectivity index (χ1n) is 7.72. The number of fused-ring (bicyclic) bond motifs is 1. The van der Waals surface area contributed by atoms with Crippen molar-refractivity contribution in [1.82, 2.24) is 0 Å². The number of benzene rings is 1. The molecule has 1 fully saturated rings. The van der Waals surface area contributed by atoms with Crippen molar-refractivity contribution in [3.05, 3.63) is 35.4 Å². The summed E-state index contributed by atoms with van der Waals surface area (Å²) in [7, 11) is 0. The molecule has 0 bridgehead atoms. The topological polar surface area (TPSA) is 29.5 Å². The highest BCUT2D eigenvalue weighted by molar-refractivity contribution is 5.30. The molecule has 1 N–H and O–H groups in total. The van der Waals surface area contributed by atoms with Crippen molar-refractivity contribution in [1.29, 1.82) is 0 Å². The van der Waals surface area contributed by atoms with Gasteiger partial charge < -0.3 is 9.84 Å². The van der Waals surface area contributed by atoms with E-state index in [1.807, 2.05) is 6.07 Å². The summed E-state index contributed by atoms with van der Waals surface area (Å²) in [6, 6.07) is 8.38. The molecule has 104 valence electrons. The Hall–Kier alpha value is -0.860. The second kappa shape index (κ2) is 6.06. The average Bonchev–Trinajstić information content (AvgIpc) is 2.61. The molecule has 1 aliphatic heterocycles. The number of aliphatic hydroxyl groups excluding tert-OH is 1. The maximum Gasteiger partial charge on any atom is 0.0821 e. The summed E-state index contributed by atoms with van der Waals surface area (Å²) in [6.07, 6.45) is 8.16. The van der Waals surface area contributed by atoms with Gasteiger partial charge >= 0.3 is 0 Å². The van der Waals surface area contributed by atoms with Crippen molar-refractivity contribution in [2.24, 2.45) is 5.92 Å². The van der Waals surface area contributed by atoms with E-state index in [-0.39, 0.29) is 6.10 Å². The predicted octanol–water partition coefficient (Wildman–Crippen LogP) is 3.63. The normalized spacial score (nSPS) is 31.5. The Morgan fingerprint density at radius 2 is 2.00 bits per heavy atom. The van der Waals surface area contributed by atoms with E-state index in [9.17, 15) is 5.11 Å². The molecule has 1 heterocycles. The lowest BCUT2D eigenvalue weighted by molar-refractivity contribution is -0.0176. The summed E-state index contributed by atoms with van der Waals surface area (Å²) in [5, 5.41) is 10.7. The molecule has 3 unspecified atom stereocenters. The van der Waals surface area contributed by atoms with E-state index in [1.54, 1.807) is 0 Å². The van der Waals surface area contributed by atoms with Crippen LogP contribution in [-0.4, -0.2) is 17.8 Å². The average molecular weight is 260 g/mol. The Bertz CT molecular complexity index is 409. The number of ether oxygens (including phenoxy) is 1.